The Labute approximate surface area is 319 Å². The molecule has 0 aliphatic carbocycles. The number of hydrogen-bond donors (Lipinski definition) is 0. The minimum Gasteiger partial charge on any atom is -0.456 e. The van der Waals surface area contributed by atoms with Crippen molar-refractivity contribution < 1.29 is 4.42 Å². The zero-order chi connectivity index (χ0) is 36.6. The zero-order valence-electron chi connectivity index (χ0n) is 29.8. The van der Waals surface area contributed by atoms with E-state index in [4.69, 9.17) is 19.4 Å². The van der Waals surface area contributed by atoms with Crippen molar-refractivity contribution in [3.05, 3.63) is 200 Å². The van der Waals surface area contributed by atoms with Crippen LogP contribution in [0.1, 0.15) is 0 Å². The van der Waals surface area contributed by atoms with Crippen molar-refractivity contribution in [3.63, 3.8) is 0 Å². The maximum Gasteiger partial charge on any atom is 0.164 e. The Morgan fingerprint density at radius 1 is 0.273 bits per heavy atom. The summed E-state index contributed by atoms with van der Waals surface area (Å²) in [5.41, 5.74) is 13.6. The van der Waals surface area contributed by atoms with Gasteiger partial charge in [0.05, 0.1) is 0 Å². The van der Waals surface area contributed by atoms with Gasteiger partial charge in [-0.05, 0) is 68.8 Å². The van der Waals surface area contributed by atoms with E-state index < -0.39 is 0 Å². The van der Waals surface area contributed by atoms with Crippen molar-refractivity contribution >= 4 is 21.9 Å². The summed E-state index contributed by atoms with van der Waals surface area (Å²) in [7, 11) is 0. The number of furan rings is 1. The van der Waals surface area contributed by atoms with Crippen LogP contribution >= 0.6 is 0 Å². The quantitative estimate of drug-likeness (QED) is 0.166. The molecule has 2 heterocycles. The number of nitrogens with zero attached hydrogens (tertiary/aromatic N) is 3. The average molecular weight is 704 g/mol. The maximum atomic E-state index is 6.56. The van der Waals surface area contributed by atoms with Gasteiger partial charge >= 0.3 is 0 Å². The van der Waals surface area contributed by atoms with Gasteiger partial charge in [-0.3, -0.25) is 0 Å². The molecule has 0 fully saturated rings. The molecular weight excluding hydrogens is 671 g/mol. The first-order valence-corrected chi connectivity index (χ1v) is 18.4. The number of benzene rings is 8. The first kappa shape index (κ1) is 32.2. The van der Waals surface area contributed by atoms with Gasteiger partial charge in [0.25, 0.3) is 0 Å². The second-order valence-electron chi connectivity index (χ2n) is 13.6. The lowest BCUT2D eigenvalue weighted by Crippen LogP contribution is -2.00. The summed E-state index contributed by atoms with van der Waals surface area (Å²) in [5, 5.41) is 2.13. The van der Waals surface area contributed by atoms with Gasteiger partial charge < -0.3 is 4.42 Å². The molecule has 0 amide bonds. The zero-order valence-corrected chi connectivity index (χ0v) is 29.8. The molecule has 0 unspecified atom stereocenters. The molecule has 0 saturated carbocycles. The highest BCUT2D eigenvalue weighted by Crippen LogP contribution is 2.39. The van der Waals surface area contributed by atoms with Crippen molar-refractivity contribution in [2.45, 2.75) is 0 Å². The normalized spacial score (nSPS) is 11.3. The fourth-order valence-electron chi connectivity index (χ4n) is 7.35. The molecule has 0 aliphatic rings. The van der Waals surface area contributed by atoms with Crippen LogP contribution in [0.5, 0.6) is 0 Å². The Bertz CT molecular complexity index is 2940. The molecule has 0 N–H and O–H groups in total. The molecule has 0 spiro atoms. The van der Waals surface area contributed by atoms with E-state index in [1.165, 1.54) is 27.8 Å². The van der Waals surface area contributed by atoms with Crippen molar-refractivity contribution in [1.29, 1.82) is 0 Å². The van der Waals surface area contributed by atoms with Crippen LogP contribution in [0.15, 0.2) is 205 Å². The third-order valence-electron chi connectivity index (χ3n) is 10.2. The van der Waals surface area contributed by atoms with Crippen molar-refractivity contribution in [1.82, 2.24) is 15.0 Å². The highest BCUT2D eigenvalue weighted by Gasteiger charge is 2.17. The maximum absolute atomic E-state index is 6.56. The second kappa shape index (κ2) is 13.8. The fraction of sp³-hybridized carbons (Fsp3) is 0. The summed E-state index contributed by atoms with van der Waals surface area (Å²) in [6.45, 7) is 0. The molecule has 10 aromatic rings. The highest BCUT2D eigenvalue weighted by molar-refractivity contribution is 6.13. The lowest BCUT2D eigenvalue weighted by atomic mass is 9.95. The van der Waals surface area contributed by atoms with Crippen LogP contribution in [0, 0.1) is 0 Å². The predicted molar refractivity (Wildman–Crippen MR) is 225 cm³/mol. The van der Waals surface area contributed by atoms with Crippen molar-refractivity contribution in [2.75, 3.05) is 0 Å². The molecule has 8 aromatic carbocycles. The monoisotopic (exact) mass is 703 g/mol. The first-order chi connectivity index (χ1) is 27.2. The van der Waals surface area contributed by atoms with E-state index >= 15 is 0 Å². The summed E-state index contributed by atoms with van der Waals surface area (Å²) in [6.07, 6.45) is 0. The average Bonchev–Trinajstić information content (AvgIpc) is 3.66. The molecule has 0 bridgehead atoms. The van der Waals surface area contributed by atoms with Gasteiger partial charge in [0.15, 0.2) is 17.5 Å². The predicted octanol–water partition coefficient (Wildman–Crippen LogP) is 13.4. The van der Waals surface area contributed by atoms with Gasteiger partial charge in [-0.15, -0.1) is 0 Å². The van der Waals surface area contributed by atoms with E-state index in [9.17, 15) is 0 Å². The molecule has 258 valence electrons. The molecule has 55 heavy (non-hydrogen) atoms. The summed E-state index contributed by atoms with van der Waals surface area (Å²) in [6, 6.07) is 69.4. The van der Waals surface area contributed by atoms with Crippen LogP contribution in [-0.4, -0.2) is 15.0 Å². The van der Waals surface area contributed by atoms with Crippen LogP contribution in [0.25, 0.3) is 101 Å². The van der Waals surface area contributed by atoms with E-state index in [2.05, 4.69) is 152 Å². The van der Waals surface area contributed by atoms with Gasteiger partial charge in [-0.2, -0.15) is 0 Å². The van der Waals surface area contributed by atoms with Gasteiger partial charge in [0.2, 0.25) is 0 Å². The second-order valence-corrected chi connectivity index (χ2v) is 13.6. The number of rotatable bonds is 7. The molecule has 0 radical (unpaired) electrons. The van der Waals surface area contributed by atoms with E-state index in [0.717, 1.165) is 55.3 Å². The molecule has 10 rings (SSSR count). The van der Waals surface area contributed by atoms with Crippen molar-refractivity contribution in [3.8, 4) is 78.7 Å². The minimum atomic E-state index is 0.588. The topological polar surface area (TPSA) is 51.8 Å². The lowest BCUT2D eigenvalue weighted by Gasteiger charge is -2.09. The molecule has 0 aliphatic heterocycles. The molecular formula is C51H33N3O. The molecule has 0 atom stereocenters. The Kier molecular flexibility index (Phi) is 8.12. The van der Waals surface area contributed by atoms with Crippen molar-refractivity contribution in [2.24, 2.45) is 0 Å². The highest BCUT2D eigenvalue weighted by atomic mass is 16.3. The summed E-state index contributed by atoms with van der Waals surface area (Å²) >= 11 is 0. The fourth-order valence-corrected chi connectivity index (χ4v) is 7.35. The minimum absolute atomic E-state index is 0.588. The lowest BCUT2D eigenvalue weighted by molar-refractivity contribution is 0.669. The SMILES string of the molecule is c1ccc(-c2ccc(-c3cccc(-c4cccc5oc6cc(-c7nc(-c8ccccc8)nc(-c8ccc(-c9ccccc9)cc8)n7)ccc6c45)c3)cc2)cc1. The molecule has 0 saturated heterocycles. The third kappa shape index (κ3) is 6.26. The molecule has 2 aromatic heterocycles. The van der Waals surface area contributed by atoms with Gasteiger partial charge in [0, 0.05) is 27.5 Å². The van der Waals surface area contributed by atoms with Crippen LogP contribution in [0.4, 0.5) is 0 Å². The van der Waals surface area contributed by atoms with Crippen LogP contribution in [0.3, 0.4) is 0 Å². The standard InChI is InChI=1S/C51H33N3O/c1-4-12-34(13-5-1)36-22-24-38(25-23-36)41-18-10-19-42(32-41)44-20-11-21-46-48(44)45-31-30-43(33-47(45)55-46)51-53-49(39-16-8-3-9-17-39)52-50(54-51)40-28-26-37(27-29-40)35-14-6-2-7-15-35/h1-33H. The van der Waals surface area contributed by atoms with E-state index in [0.29, 0.717) is 17.5 Å². The van der Waals surface area contributed by atoms with Gasteiger partial charge in [-0.25, -0.2) is 15.0 Å². The summed E-state index contributed by atoms with van der Waals surface area (Å²) in [4.78, 5) is 15.0. The molecule has 4 heteroatoms. The van der Waals surface area contributed by atoms with Gasteiger partial charge in [-0.1, -0.05) is 176 Å². The first-order valence-electron chi connectivity index (χ1n) is 18.4. The summed E-state index contributed by atoms with van der Waals surface area (Å²) in [5.74, 6) is 1.82. The van der Waals surface area contributed by atoms with E-state index in [1.807, 2.05) is 48.5 Å². The Morgan fingerprint density at radius 3 is 1.29 bits per heavy atom. The van der Waals surface area contributed by atoms with E-state index in [1.54, 1.807) is 0 Å². The summed E-state index contributed by atoms with van der Waals surface area (Å²) < 4.78 is 6.56. The van der Waals surface area contributed by atoms with Crippen LogP contribution < -0.4 is 0 Å². The third-order valence-corrected chi connectivity index (χ3v) is 10.2. The number of aromatic nitrogens is 3. The van der Waals surface area contributed by atoms with Crippen LogP contribution in [0.2, 0.25) is 0 Å². The Hall–Kier alpha value is -7.43. The van der Waals surface area contributed by atoms with E-state index in [-0.39, 0.29) is 0 Å². The largest absolute Gasteiger partial charge is 0.456 e. The Morgan fingerprint density at radius 2 is 0.691 bits per heavy atom. The van der Waals surface area contributed by atoms with Gasteiger partial charge in [0.1, 0.15) is 11.2 Å². The Balaban J connectivity index is 1.03. The number of fused-ring (bicyclic) bond motifs is 3. The smallest absolute Gasteiger partial charge is 0.164 e. The van der Waals surface area contributed by atoms with Crippen LogP contribution in [-0.2, 0) is 0 Å². The number of hydrogen-bond acceptors (Lipinski definition) is 4. The molecule has 4 nitrogen and oxygen atoms in total.